The smallest absolute Gasteiger partial charge is 0.140 e. The number of H-pyrrole nitrogens is 1. The lowest BCUT2D eigenvalue weighted by atomic mass is 9.93. The van der Waals surface area contributed by atoms with Crippen LogP contribution in [-0.2, 0) is 23.2 Å². The first kappa shape index (κ1) is 12.3. The van der Waals surface area contributed by atoms with Gasteiger partial charge in [-0.3, -0.25) is 0 Å². The van der Waals surface area contributed by atoms with E-state index in [9.17, 15) is 0 Å². The fourth-order valence-corrected chi connectivity index (χ4v) is 3.31. The van der Waals surface area contributed by atoms with Crippen LogP contribution >= 0.6 is 12.2 Å². The molecule has 1 N–H and O–H groups in total. The van der Waals surface area contributed by atoms with Crippen LogP contribution in [-0.4, -0.2) is 16.6 Å². The van der Waals surface area contributed by atoms with Crippen molar-refractivity contribution in [3.05, 3.63) is 21.7 Å². The summed E-state index contributed by atoms with van der Waals surface area (Å²) < 4.78 is 6.74. The predicted octanol–water partition coefficient (Wildman–Crippen LogP) is 3.43. The van der Waals surface area contributed by atoms with Gasteiger partial charge in [0.05, 0.1) is 0 Å². The minimum Gasteiger partial charge on any atom is -0.367 e. The van der Waals surface area contributed by atoms with Crippen LogP contribution in [0.1, 0.15) is 56.1 Å². The van der Waals surface area contributed by atoms with Crippen LogP contribution in [0.15, 0.2) is 0 Å². The molecule has 3 rings (SSSR count). The Balaban J connectivity index is 2.02. The Morgan fingerprint density at radius 2 is 2.06 bits per heavy atom. The summed E-state index contributed by atoms with van der Waals surface area (Å²) in [7, 11) is 0. The maximum Gasteiger partial charge on any atom is 0.140 e. The average Bonchev–Trinajstić information content (AvgIpc) is 2.39. The third kappa shape index (κ3) is 2.12. The number of aromatic amines is 1. The molecule has 1 aromatic heterocycles. The molecule has 1 atom stereocenters. The Labute approximate surface area is 113 Å². The maximum absolute atomic E-state index is 5.96. The first-order chi connectivity index (χ1) is 8.69. The molecule has 0 amide bonds. The van der Waals surface area contributed by atoms with Gasteiger partial charge >= 0.3 is 0 Å². The summed E-state index contributed by atoms with van der Waals surface area (Å²) in [6.07, 6.45) is 8.06. The highest BCUT2D eigenvalue weighted by atomic mass is 32.1. The molecule has 4 heteroatoms. The van der Waals surface area contributed by atoms with Crippen LogP contribution in [0.5, 0.6) is 0 Å². The number of fused-ring (bicyclic) bond motifs is 1. The van der Waals surface area contributed by atoms with Crippen LogP contribution in [0, 0.1) is 4.64 Å². The number of aromatic nitrogens is 2. The van der Waals surface area contributed by atoms with Gasteiger partial charge in [0.25, 0.3) is 0 Å². The number of nitrogens with zero attached hydrogens (tertiary/aromatic N) is 1. The van der Waals surface area contributed by atoms with Crippen molar-refractivity contribution in [2.75, 3.05) is 6.61 Å². The second-order valence-corrected chi connectivity index (χ2v) is 5.98. The standard InChI is InChI=1S/C14H20N2OS/c1-14(8-4-5-9-17-14)13-15-11-7-3-2-6-10(11)12(18)16-13/h2-9H2,1H3,(H,15,16,18). The molecule has 0 bridgehead atoms. The fourth-order valence-electron chi connectivity index (χ4n) is 2.99. The number of rotatable bonds is 1. The highest BCUT2D eigenvalue weighted by Crippen LogP contribution is 2.33. The molecule has 1 saturated heterocycles. The van der Waals surface area contributed by atoms with Gasteiger partial charge in [-0.2, -0.15) is 0 Å². The zero-order valence-corrected chi connectivity index (χ0v) is 11.7. The van der Waals surface area contributed by atoms with Crippen molar-refractivity contribution < 1.29 is 4.74 Å². The van der Waals surface area contributed by atoms with Gasteiger partial charge in [-0.05, 0) is 51.9 Å². The van der Waals surface area contributed by atoms with E-state index in [0.29, 0.717) is 0 Å². The van der Waals surface area contributed by atoms with Gasteiger partial charge in [-0.1, -0.05) is 12.2 Å². The molecule has 0 saturated carbocycles. The van der Waals surface area contributed by atoms with Gasteiger partial charge in [-0.25, -0.2) is 4.98 Å². The molecular weight excluding hydrogens is 244 g/mol. The second kappa shape index (κ2) is 4.74. The molecule has 18 heavy (non-hydrogen) atoms. The largest absolute Gasteiger partial charge is 0.367 e. The van der Waals surface area contributed by atoms with Crippen LogP contribution in [0.3, 0.4) is 0 Å². The summed E-state index contributed by atoms with van der Waals surface area (Å²) in [5, 5.41) is 0. The van der Waals surface area contributed by atoms with Crippen molar-refractivity contribution in [3.63, 3.8) is 0 Å². The highest BCUT2D eigenvalue weighted by Gasteiger charge is 2.33. The molecular formula is C14H20N2OS. The summed E-state index contributed by atoms with van der Waals surface area (Å²) >= 11 is 5.46. The molecule has 1 fully saturated rings. The van der Waals surface area contributed by atoms with Crippen LogP contribution < -0.4 is 0 Å². The first-order valence-corrected chi connectivity index (χ1v) is 7.36. The number of hydrogen-bond donors (Lipinski definition) is 1. The van der Waals surface area contributed by atoms with E-state index in [-0.39, 0.29) is 5.60 Å². The Morgan fingerprint density at radius 3 is 2.83 bits per heavy atom. The molecule has 1 aliphatic carbocycles. The maximum atomic E-state index is 5.96. The monoisotopic (exact) mass is 264 g/mol. The molecule has 1 unspecified atom stereocenters. The molecule has 98 valence electrons. The summed E-state index contributed by atoms with van der Waals surface area (Å²) in [5.74, 6) is 0.938. The zero-order valence-electron chi connectivity index (χ0n) is 10.9. The van der Waals surface area contributed by atoms with Gasteiger partial charge in [0.15, 0.2) is 0 Å². The molecule has 3 nitrogen and oxygen atoms in total. The van der Waals surface area contributed by atoms with Crippen molar-refractivity contribution >= 4 is 12.2 Å². The van der Waals surface area contributed by atoms with Gasteiger partial charge < -0.3 is 9.72 Å². The fraction of sp³-hybridized carbons (Fsp3) is 0.714. The van der Waals surface area contributed by atoms with E-state index in [4.69, 9.17) is 17.0 Å². The van der Waals surface area contributed by atoms with Gasteiger partial charge in [0.1, 0.15) is 16.1 Å². The minimum absolute atomic E-state index is 0.266. The molecule has 0 aromatic carbocycles. The van der Waals surface area contributed by atoms with E-state index in [0.717, 1.165) is 42.8 Å². The molecule has 0 spiro atoms. The Bertz CT molecular complexity index is 503. The summed E-state index contributed by atoms with van der Waals surface area (Å²) in [5.41, 5.74) is 2.30. The van der Waals surface area contributed by atoms with Crippen molar-refractivity contribution in [2.45, 2.75) is 57.5 Å². The number of aryl methyl sites for hydroxylation is 1. The molecule has 2 aliphatic rings. The normalized spacial score (nSPS) is 27.8. The summed E-state index contributed by atoms with van der Waals surface area (Å²) in [4.78, 5) is 8.13. The van der Waals surface area contributed by atoms with Crippen molar-refractivity contribution in [3.8, 4) is 0 Å². The highest BCUT2D eigenvalue weighted by molar-refractivity contribution is 7.71. The first-order valence-electron chi connectivity index (χ1n) is 6.95. The second-order valence-electron chi connectivity index (χ2n) is 5.59. The van der Waals surface area contributed by atoms with E-state index in [2.05, 4.69) is 16.9 Å². The molecule has 1 aliphatic heterocycles. The lowest BCUT2D eigenvalue weighted by molar-refractivity contribution is -0.0762. The van der Waals surface area contributed by atoms with Gasteiger partial charge in [0, 0.05) is 17.9 Å². The van der Waals surface area contributed by atoms with E-state index in [1.54, 1.807) is 0 Å². The van der Waals surface area contributed by atoms with E-state index in [1.165, 1.54) is 30.5 Å². The number of nitrogens with one attached hydrogen (secondary N) is 1. The van der Waals surface area contributed by atoms with Crippen LogP contribution in [0.4, 0.5) is 0 Å². The topological polar surface area (TPSA) is 37.9 Å². The van der Waals surface area contributed by atoms with E-state index < -0.39 is 0 Å². The Kier molecular flexibility index (Phi) is 3.24. The Morgan fingerprint density at radius 1 is 1.22 bits per heavy atom. The lowest BCUT2D eigenvalue weighted by Crippen LogP contribution is -2.33. The van der Waals surface area contributed by atoms with Gasteiger partial charge in [-0.15, -0.1) is 0 Å². The summed E-state index contributed by atoms with van der Waals surface area (Å²) in [6, 6.07) is 0. The van der Waals surface area contributed by atoms with Crippen LogP contribution in [0.2, 0.25) is 0 Å². The molecule has 2 heterocycles. The van der Waals surface area contributed by atoms with Crippen molar-refractivity contribution in [1.82, 2.24) is 9.97 Å². The lowest BCUT2D eigenvalue weighted by Gasteiger charge is -2.33. The van der Waals surface area contributed by atoms with Gasteiger partial charge in [0.2, 0.25) is 0 Å². The molecule has 1 aromatic rings. The predicted molar refractivity (Wildman–Crippen MR) is 73.2 cm³/mol. The SMILES string of the molecule is CC1(c2nc(=S)c3c([nH]2)CCCC3)CCCCO1. The van der Waals surface area contributed by atoms with Crippen molar-refractivity contribution in [2.24, 2.45) is 0 Å². The average molecular weight is 264 g/mol. The number of hydrogen-bond acceptors (Lipinski definition) is 3. The quantitative estimate of drug-likeness (QED) is 0.790. The third-order valence-corrected chi connectivity index (χ3v) is 4.52. The minimum atomic E-state index is -0.266. The summed E-state index contributed by atoms with van der Waals surface area (Å²) in [6.45, 7) is 2.96. The third-order valence-electron chi connectivity index (χ3n) is 4.18. The number of ether oxygens (including phenoxy) is 1. The molecule has 0 radical (unpaired) electrons. The van der Waals surface area contributed by atoms with E-state index in [1.807, 2.05) is 0 Å². The Hall–Kier alpha value is -0.740. The zero-order chi connectivity index (χ0) is 12.6. The van der Waals surface area contributed by atoms with Crippen molar-refractivity contribution in [1.29, 1.82) is 0 Å². The van der Waals surface area contributed by atoms with E-state index >= 15 is 0 Å². The van der Waals surface area contributed by atoms with Crippen LogP contribution in [0.25, 0.3) is 0 Å².